The molecule has 0 spiro atoms. The number of hydroxylamine groups is 1. The van der Waals surface area contributed by atoms with Crippen LogP contribution in [0.4, 0.5) is 0 Å². The van der Waals surface area contributed by atoms with E-state index < -0.39 is 0 Å². The lowest BCUT2D eigenvalue weighted by atomic mass is 10.2. The molecule has 0 amide bonds. The van der Waals surface area contributed by atoms with Crippen molar-refractivity contribution in [1.29, 1.82) is 0 Å². The van der Waals surface area contributed by atoms with Gasteiger partial charge >= 0.3 is 0 Å². The first kappa shape index (κ1) is 9.03. The molecule has 1 N–H and O–H groups in total. The van der Waals surface area contributed by atoms with Crippen LogP contribution in [-0.2, 0) is 11.4 Å². The Kier molecular flexibility index (Phi) is 3.57. The van der Waals surface area contributed by atoms with Crippen LogP contribution >= 0.6 is 0 Å². The summed E-state index contributed by atoms with van der Waals surface area (Å²) in [5.74, 6) is 0.877. The molecule has 0 radical (unpaired) electrons. The molecule has 0 aromatic heterocycles. The van der Waals surface area contributed by atoms with E-state index in [1.54, 1.807) is 14.2 Å². The van der Waals surface area contributed by atoms with Gasteiger partial charge in [0.1, 0.15) is 5.75 Å². The van der Waals surface area contributed by atoms with Gasteiger partial charge < -0.3 is 9.57 Å². The van der Waals surface area contributed by atoms with Crippen molar-refractivity contribution in [2.24, 2.45) is 0 Å². The zero-order chi connectivity index (χ0) is 8.81. The van der Waals surface area contributed by atoms with Gasteiger partial charge in [-0.2, -0.15) is 5.48 Å². The molecule has 0 aliphatic rings. The Morgan fingerprint density at radius 2 is 2.00 bits per heavy atom. The maximum absolute atomic E-state index is 5.15. The molecule has 1 rings (SSSR count). The average molecular weight is 167 g/mol. The largest absolute Gasteiger partial charge is 0.496 e. The highest BCUT2D eigenvalue weighted by Crippen LogP contribution is 2.16. The van der Waals surface area contributed by atoms with Gasteiger partial charge in [-0.3, -0.25) is 0 Å². The van der Waals surface area contributed by atoms with Gasteiger partial charge in [-0.15, -0.1) is 0 Å². The molecular weight excluding hydrogens is 154 g/mol. The molecule has 12 heavy (non-hydrogen) atoms. The topological polar surface area (TPSA) is 30.5 Å². The summed E-state index contributed by atoms with van der Waals surface area (Å²) < 4.78 is 5.15. The molecule has 1 aromatic rings. The molecule has 0 heterocycles. The van der Waals surface area contributed by atoms with Gasteiger partial charge in [-0.05, 0) is 6.07 Å². The van der Waals surface area contributed by atoms with E-state index in [4.69, 9.17) is 9.57 Å². The van der Waals surface area contributed by atoms with Crippen molar-refractivity contribution in [3.8, 4) is 5.75 Å². The second kappa shape index (κ2) is 4.74. The fourth-order valence-corrected chi connectivity index (χ4v) is 0.999. The Labute approximate surface area is 72.3 Å². The Morgan fingerprint density at radius 3 is 2.67 bits per heavy atom. The predicted octanol–water partition coefficient (Wildman–Crippen LogP) is 1.35. The maximum atomic E-state index is 5.15. The average Bonchev–Trinajstić information content (AvgIpc) is 2.15. The summed E-state index contributed by atoms with van der Waals surface area (Å²) in [6, 6.07) is 7.82. The number of ether oxygens (including phenoxy) is 1. The Balaban J connectivity index is 2.68. The van der Waals surface area contributed by atoms with Crippen molar-refractivity contribution in [1.82, 2.24) is 5.48 Å². The lowest BCUT2D eigenvalue weighted by Crippen LogP contribution is -2.11. The smallest absolute Gasteiger partial charge is 0.123 e. The summed E-state index contributed by atoms with van der Waals surface area (Å²) >= 11 is 0. The summed E-state index contributed by atoms with van der Waals surface area (Å²) in [5.41, 5.74) is 3.84. The second-order valence-electron chi connectivity index (χ2n) is 2.34. The first-order chi connectivity index (χ1) is 5.88. The van der Waals surface area contributed by atoms with Crippen LogP contribution < -0.4 is 10.2 Å². The summed E-state index contributed by atoms with van der Waals surface area (Å²) in [6.45, 7) is 0.653. The minimum atomic E-state index is 0.653. The van der Waals surface area contributed by atoms with Crippen LogP contribution in [0.3, 0.4) is 0 Å². The molecule has 1 aromatic carbocycles. The highest BCUT2D eigenvalue weighted by Gasteiger charge is 1.98. The summed E-state index contributed by atoms with van der Waals surface area (Å²) in [4.78, 5) is 4.74. The summed E-state index contributed by atoms with van der Waals surface area (Å²) in [6.07, 6.45) is 0. The monoisotopic (exact) mass is 167 g/mol. The van der Waals surface area contributed by atoms with Crippen molar-refractivity contribution in [3.63, 3.8) is 0 Å². The normalized spacial score (nSPS) is 9.83. The number of benzene rings is 1. The van der Waals surface area contributed by atoms with Crippen LogP contribution in [0.1, 0.15) is 5.56 Å². The van der Waals surface area contributed by atoms with E-state index in [0.717, 1.165) is 11.3 Å². The fraction of sp³-hybridized carbons (Fsp3) is 0.333. The highest BCUT2D eigenvalue weighted by atomic mass is 16.6. The lowest BCUT2D eigenvalue weighted by molar-refractivity contribution is 0.0861. The highest BCUT2D eigenvalue weighted by molar-refractivity contribution is 5.32. The first-order valence-corrected chi connectivity index (χ1v) is 3.76. The lowest BCUT2D eigenvalue weighted by Gasteiger charge is -2.07. The predicted molar refractivity (Wildman–Crippen MR) is 46.8 cm³/mol. The summed E-state index contributed by atoms with van der Waals surface area (Å²) in [5, 5.41) is 0. The van der Waals surface area contributed by atoms with Crippen molar-refractivity contribution in [2.45, 2.75) is 6.54 Å². The van der Waals surface area contributed by atoms with Crippen LogP contribution in [0.5, 0.6) is 5.75 Å². The van der Waals surface area contributed by atoms with Crippen LogP contribution in [0, 0.1) is 0 Å². The van der Waals surface area contributed by atoms with E-state index in [-0.39, 0.29) is 0 Å². The Morgan fingerprint density at radius 1 is 1.25 bits per heavy atom. The number of rotatable bonds is 4. The molecule has 0 aliphatic carbocycles. The van der Waals surface area contributed by atoms with E-state index in [9.17, 15) is 0 Å². The van der Waals surface area contributed by atoms with Crippen molar-refractivity contribution in [3.05, 3.63) is 29.8 Å². The van der Waals surface area contributed by atoms with Gasteiger partial charge in [-0.25, -0.2) is 0 Å². The van der Waals surface area contributed by atoms with Crippen LogP contribution in [0.2, 0.25) is 0 Å². The minimum absolute atomic E-state index is 0.653. The van der Waals surface area contributed by atoms with Crippen molar-refractivity contribution >= 4 is 0 Å². The van der Waals surface area contributed by atoms with E-state index in [0.29, 0.717) is 6.54 Å². The molecule has 0 saturated heterocycles. The van der Waals surface area contributed by atoms with Gasteiger partial charge in [0.15, 0.2) is 0 Å². The van der Waals surface area contributed by atoms with E-state index >= 15 is 0 Å². The SMILES string of the molecule is CONCc1ccccc1OC. The number of methoxy groups -OCH3 is 1. The third-order valence-electron chi connectivity index (χ3n) is 1.60. The number of para-hydroxylation sites is 1. The third-order valence-corrected chi connectivity index (χ3v) is 1.60. The van der Waals surface area contributed by atoms with E-state index in [2.05, 4.69) is 5.48 Å². The van der Waals surface area contributed by atoms with E-state index in [1.165, 1.54) is 0 Å². The molecule has 0 bridgehead atoms. The third kappa shape index (κ3) is 2.22. The molecule has 3 nitrogen and oxygen atoms in total. The van der Waals surface area contributed by atoms with Crippen molar-refractivity contribution in [2.75, 3.05) is 14.2 Å². The van der Waals surface area contributed by atoms with Crippen LogP contribution in [-0.4, -0.2) is 14.2 Å². The fourth-order valence-electron chi connectivity index (χ4n) is 0.999. The van der Waals surface area contributed by atoms with Gasteiger partial charge in [-0.1, -0.05) is 18.2 Å². The minimum Gasteiger partial charge on any atom is -0.496 e. The molecule has 0 fully saturated rings. The van der Waals surface area contributed by atoms with Gasteiger partial charge in [0.25, 0.3) is 0 Å². The standard InChI is InChI=1S/C9H13NO2/c1-11-9-6-4-3-5-8(9)7-10-12-2/h3-6,10H,7H2,1-2H3. The molecule has 66 valence electrons. The molecular formula is C9H13NO2. The zero-order valence-electron chi connectivity index (χ0n) is 7.33. The van der Waals surface area contributed by atoms with E-state index in [1.807, 2.05) is 24.3 Å². The molecule has 0 saturated carbocycles. The first-order valence-electron chi connectivity index (χ1n) is 3.76. The quantitative estimate of drug-likeness (QED) is 0.686. The molecule has 0 unspecified atom stereocenters. The van der Waals surface area contributed by atoms with Gasteiger partial charge in [0.2, 0.25) is 0 Å². The molecule has 3 heteroatoms. The number of hydrogen-bond donors (Lipinski definition) is 1. The zero-order valence-corrected chi connectivity index (χ0v) is 7.33. The number of hydrogen-bond acceptors (Lipinski definition) is 3. The maximum Gasteiger partial charge on any atom is 0.123 e. The Hall–Kier alpha value is -1.06. The van der Waals surface area contributed by atoms with Gasteiger partial charge in [0.05, 0.1) is 14.2 Å². The van der Waals surface area contributed by atoms with Crippen molar-refractivity contribution < 1.29 is 9.57 Å². The van der Waals surface area contributed by atoms with Gasteiger partial charge in [0, 0.05) is 12.1 Å². The van der Waals surface area contributed by atoms with Crippen LogP contribution in [0.15, 0.2) is 24.3 Å². The van der Waals surface area contributed by atoms with Crippen LogP contribution in [0.25, 0.3) is 0 Å². The molecule has 0 atom stereocenters. The Bertz CT molecular complexity index is 238. The summed E-state index contributed by atoms with van der Waals surface area (Å²) in [7, 11) is 3.25. The second-order valence-corrected chi connectivity index (χ2v) is 2.34. The number of nitrogens with one attached hydrogen (secondary N) is 1. The molecule has 0 aliphatic heterocycles.